The quantitative estimate of drug-likeness (QED) is 0.140. The standard InChI is InChI=1S/C18H33N5O7/c1-10(2)15(18(30)21-8-14(27)20-5-4-6-24)23-17(29)12(9-25)22-16(28)11(3)7-13(19)26/h10-12,15,24-25H,4-9H2,1-3H3,(H2,19,26)(H,20,27)(H,21,30)(H,22,28)(H,23,29)/t11?,12-,15?/m0/s1. The van der Waals surface area contributed by atoms with Crippen molar-refractivity contribution < 1.29 is 34.2 Å². The number of carbonyl (C=O) groups is 5. The van der Waals surface area contributed by atoms with E-state index in [0.717, 1.165) is 0 Å². The Balaban J connectivity index is 4.83. The fourth-order valence-electron chi connectivity index (χ4n) is 2.34. The summed E-state index contributed by atoms with van der Waals surface area (Å²) in [7, 11) is 0. The number of primary amides is 1. The van der Waals surface area contributed by atoms with E-state index in [2.05, 4.69) is 21.3 Å². The van der Waals surface area contributed by atoms with E-state index in [1.807, 2.05) is 0 Å². The molecule has 172 valence electrons. The molecule has 0 spiro atoms. The van der Waals surface area contributed by atoms with Crippen LogP contribution in [0.2, 0.25) is 0 Å². The lowest BCUT2D eigenvalue weighted by molar-refractivity contribution is -0.135. The van der Waals surface area contributed by atoms with E-state index in [9.17, 15) is 29.1 Å². The number of nitrogens with one attached hydrogen (secondary N) is 4. The Morgan fingerprint density at radius 2 is 1.53 bits per heavy atom. The van der Waals surface area contributed by atoms with Gasteiger partial charge in [-0.15, -0.1) is 0 Å². The van der Waals surface area contributed by atoms with Crippen molar-refractivity contribution in [3.8, 4) is 0 Å². The Kier molecular flexibility index (Phi) is 13.0. The fraction of sp³-hybridized carbons (Fsp3) is 0.722. The minimum absolute atomic E-state index is 0.0715. The van der Waals surface area contributed by atoms with Crippen LogP contribution < -0.4 is 27.0 Å². The molecule has 0 radical (unpaired) electrons. The van der Waals surface area contributed by atoms with E-state index in [0.29, 0.717) is 6.42 Å². The van der Waals surface area contributed by atoms with Crippen LogP contribution in [0.5, 0.6) is 0 Å². The van der Waals surface area contributed by atoms with Gasteiger partial charge >= 0.3 is 0 Å². The lowest BCUT2D eigenvalue weighted by Gasteiger charge is -2.25. The molecule has 3 atom stereocenters. The maximum Gasteiger partial charge on any atom is 0.245 e. The van der Waals surface area contributed by atoms with Crippen molar-refractivity contribution in [1.82, 2.24) is 21.3 Å². The van der Waals surface area contributed by atoms with Crippen molar-refractivity contribution in [3.63, 3.8) is 0 Å². The van der Waals surface area contributed by atoms with Gasteiger partial charge < -0.3 is 37.2 Å². The molecule has 0 aromatic heterocycles. The minimum Gasteiger partial charge on any atom is -0.396 e. The summed E-state index contributed by atoms with van der Waals surface area (Å²) < 4.78 is 0. The fourth-order valence-corrected chi connectivity index (χ4v) is 2.34. The molecule has 12 heteroatoms. The van der Waals surface area contributed by atoms with E-state index in [4.69, 9.17) is 10.8 Å². The first-order valence-corrected chi connectivity index (χ1v) is 9.68. The first kappa shape index (κ1) is 27.3. The largest absolute Gasteiger partial charge is 0.396 e. The summed E-state index contributed by atoms with van der Waals surface area (Å²) in [6.07, 6.45) is 0.166. The van der Waals surface area contributed by atoms with E-state index in [1.165, 1.54) is 6.92 Å². The van der Waals surface area contributed by atoms with Crippen LogP contribution in [0.3, 0.4) is 0 Å². The van der Waals surface area contributed by atoms with Crippen LogP contribution in [0, 0.1) is 11.8 Å². The second-order valence-corrected chi connectivity index (χ2v) is 7.19. The van der Waals surface area contributed by atoms with E-state index < -0.39 is 54.1 Å². The van der Waals surface area contributed by atoms with Crippen molar-refractivity contribution in [2.24, 2.45) is 17.6 Å². The van der Waals surface area contributed by atoms with Gasteiger partial charge in [-0.25, -0.2) is 0 Å². The highest BCUT2D eigenvalue weighted by molar-refractivity contribution is 5.94. The zero-order chi connectivity index (χ0) is 23.3. The molecule has 0 aliphatic rings. The van der Waals surface area contributed by atoms with Crippen molar-refractivity contribution in [2.45, 2.75) is 45.7 Å². The molecule has 0 fully saturated rings. The molecule has 8 N–H and O–H groups in total. The smallest absolute Gasteiger partial charge is 0.245 e. The number of nitrogens with two attached hydrogens (primary N) is 1. The lowest BCUT2D eigenvalue weighted by Crippen LogP contribution is -2.57. The van der Waals surface area contributed by atoms with Gasteiger partial charge in [0.05, 0.1) is 13.2 Å². The van der Waals surface area contributed by atoms with Gasteiger partial charge in [0, 0.05) is 25.5 Å². The van der Waals surface area contributed by atoms with Gasteiger partial charge in [0.25, 0.3) is 0 Å². The molecule has 0 saturated carbocycles. The number of hydrogen-bond acceptors (Lipinski definition) is 7. The predicted molar refractivity (Wildman–Crippen MR) is 106 cm³/mol. The number of rotatable bonds is 14. The van der Waals surface area contributed by atoms with Crippen LogP contribution in [0.15, 0.2) is 0 Å². The third kappa shape index (κ3) is 10.7. The Bertz CT molecular complexity index is 612. The Labute approximate surface area is 175 Å². The SMILES string of the molecule is CC(CC(N)=O)C(=O)N[C@@H](CO)C(=O)NC(C(=O)NCC(=O)NCCCO)C(C)C. The zero-order valence-electron chi connectivity index (χ0n) is 17.6. The van der Waals surface area contributed by atoms with Gasteiger partial charge in [-0.1, -0.05) is 20.8 Å². The Morgan fingerprint density at radius 3 is 2.03 bits per heavy atom. The molecule has 0 aliphatic carbocycles. The zero-order valence-corrected chi connectivity index (χ0v) is 17.6. The number of carbonyl (C=O) groups excluding carboxylic acids is 5. The van der Waals surface area contributed by atoms with Gasteiger partial charge in [0.2, 0.25) is 29.5 Å². The molecule has 0 bridgehead atoms. The maximum atomic E-state index is 12.4. The summed E-state index contributed by atoms with van der Waals surface area (Å²) in [5.74, 6) is -4.32. The van der Waals surface area contributed by atoms with Crippen molar-refractivity contribution in [3.05, 3.63) is 0 Å². The summed E-state index contributed by atoms with van der Waals surface area (Å²) in [6, 6.07) is -2.35. The van der Waals surface area contributed by atoms with Crippen molar-refractivity contribution in [2.75, 3.05) is 26.3 Å². The molecular weight excluding hydrogens is 398 g/mol. The van der Waals surface area contributed by atoms with Gasteiger partial charge in [-0.2, -0.15) is 0 Å². The average Bonchev–Trinajstić information content (AvgIpc) is 2.67. The molecule has 0 rings (SSSR count). The molecule has 0 aromatic rings. The van der Waals surface area contributed by atoms with Crippen molar-refractivity contribution in [1.29, 1.82) is 0 Å². The molecular formula is C18H33N5O7. The van der Waals surface area contributed by atoms with Crippen LogP contribution in [0.4, 0.5) is 0 Å². The number of hydrogen-bond donors (Lipinski definition) is 7. The van der Waals surface area contributed by atoms with Gasteiger partial charge in [0.15, 0.2) is 0 Å². The number of aliphatic hydroxyl groups is 2. The number of amides is 5. The molecule has 2 unspecified atom stereocenters. The summed E-state index contributed by atoms with van der Waals surface area (Å²) in [6.45, 7) is 3.96. The van der Waals surface area contributed by atoms with Crippen LogP contribution in [-0.4, -0.2) is 78.1 Å². The summed E-state index contributed by atoms with van der Waals surface area (Å²) >= 11 is 0. The monoisotopic (exact) mass is 431 g/mol. The molecule has 0 aliphatic heterocycles. The van der Waals surface area contributed by atoms with Gasteiger partial charge in [0.1, 0.15) is 12.1 Å². The highest BCUT2D eigenvalue weighted by Crippen LogP contribution is 2.04. The van der Waals surface area contributed by atoms with Crippen LogP contribution in [0.25, 0.3) is 0 Å². The number of aliphatic hydroxyl groups excluding tert-OH is 2. The first-order chi connectivity index (χ1) is 14.0. The second-order valence-electron chi connectivity index (χ2n) is 7.19. The van der Waals surface area contributed by atoms with E-state index in [1.54, 1.807) is 13.8 Å². The lowest BCUT2D eigenvalue weighted by atomic mass is 10.0. The highest BCUT2D eigenvalue weighted by Gasteiger charge is 2.29. The molecule has 5 amide bonds. The summed E-state index contributed by atoms with van der Waals surface area (Å²) in [5, 5.41) is 27.8. The topological polar surface area (TPSA) is 200 Å². The van der Waals surface area contributed by atoms with Gasteiger partial charge in [-0.05, 0) is 12.3 Å². The van der Waals surface area contributed by atoms with E-state index >= 15 is 0 Å². The third-order valence-corrected chi connectivity index (χ3v) is 4.10. The molecule has 30 heavy (non-hydrogen) atoms. The highest BCUT2D eigenvalue weighted by atomic mass is 16.3. The van der Waals surface area contributed by atoms with Crippen molar-refractivity contribution >= 4 is 29.5 Å². The normalized spacial score (nSPS) is 13.7. The summed E-state index contributed by atoms with van der Waals surface area (Å²) in [4.78, 5) is 59.4. The summed E-state index contributed by atoms with van der Waals surface area (Å²) in [5.41, 5.74) is 5.04. The minimum atomic E-state index is -1.33. The maximum absolute atomic E-state index is 12.4. The van der Waals surface area contributed by atoms with Crippen LogP contribution >= 0.6 is 0 Å². The van der Waals surface area contributed by atoms with Crippen LogP contribution in [-0.2, 0) is 24.0 Å². The first-order valence-electron chi connectivity index (χ1n) is 9.68. The average molecular weight is 431 g/mol. The predicted octanol–water partition coefficient (Wildman–Crippen LogP) is -3.27. The van der Waals surface area contributed by atoms with E-state index in [-0.39, 0.29) is 32.0 Å². The second kappa shape index (κ2) is 14.3. The molecule has 0 heterocycles. The molecule has 12 nitrogen and oxygen atoms in total. The molecule has 0 saturated heterocycles. The molecule has 0 aromatic carbocycles. The Hall–Kier alpha value is -2.73. The third-order valence-electron chi connectivity index (χ3n) is 4.10. The van der Waals surface area contributed by atoms with Crippen LogP contribution in [0.1, 0.15) is 33.6 Å². The Morgan fingerprint density at radius 1 is 0.900 bits per heavy atom. The van der Waals surface area contributed by atoms with Gasteiger partial charge in [-0.3, -0.25) is 24.0 Å².